The van der Waals surface area contributed by atoms with Crippen molar-refractivity contribution in [1.82, 2.24) is 0 Å². The van der Waals surface area contributed by atoms with Crippen molar-refractivity contribution in [3.63, 3.8) is 0 Å². The van der Waals surface area contributed by atoms with E-state index in [0.717, 1.165) is 17.3 Å². The highest BCUT2D eigenvalue weighted by molar-refractivity contribution is 5.07. The molecule has 4 atom stereocenters. The molecule has 3 fully saturated rings. The number of hydrogen-bond acceptors (Lipinski definition) is 2. The zero-order chi connectivity index (χ0) is 8.51. The Hall–Kier alpha value is -0.120. The summed E-state index contributed by atoms with van der Waals surface area (Å²) in [5, 5.41) is 9.60. The van der Waals surface area contributed by atoms with E-state index < -0.39 is 0 Å². The molecular formula is C9H16NO2+. The number of quaternary nitrogens is 1. The van der Waals surface area contributed by atoms with Crippen LogP contribution in [0.5, 0.6) is 0 Å². The lowest BCUT2D eigenvalue weighted by Gasteiger charge is -2.44. The maximum atomic E-state index is 9.60. The quantitative estimate of drug-likeness (QED) is 0.401. The molecule has 3 saturated heterocycles. The van der Waals surface area contributed by atoms with Crippen molar-refractivity contribution in [2.45, 2.75) is 43.2 Å². The topological polar surface area (TPSA) is 32.8 Å². The average Bonchev–Trinajstić information content (AvgIpc) is 2.66. The van der Waals surface area contributed by atoms with E-state index in [1.165, 1.54) is 0 Å². The first kappa shape index (κ1) is 7.30. The van der Waals surface area contributed by atoms with Gasteiger partial charge in [0.15, 0.2) is 0 Å². The summed E-state index contributed by atoms with van der Waals surface area (Å²) in [5.41, 5.74) is 0. The first-order valence-electron chi connectivity index (χ1n) is 4.77. The summed E-state index contributed by atoms with van der Waals surface area (Å²) in [6.45, 7) is 0. The van der Waals surface area contributed by atoms with Gasteiger partial charge in [-0.05, 0) is 0 Å². The van der Waals surface area contributed by atoms with Crippen LogP contribution in [-0.4, -0.2) is 54.1 Å². The highest BCUT2D eigenvalue weighted by Gasteiger charge is 2.70. The van der Waals surface area contributed by atoms with Gasteiger partial charge in [0.2, 0.25) is 0 Å². The molecule has 1 N–H and O–H groups in total. The molecule has 3 nitrogen and oxygen atoms in total. The van der Waals surface area contributed by atoms with Gasteiger partial charge < -0.3 is 14.3 Å². The van der Waals surface area contributed by atoms with Crippen LogP contribution in [0.25, 0.3) is 0 Å². The van der Waals surface area contributed by atoms with Crippen LogP contribution >= 0.6 is 0 Å². The first-order chi connectivity index (χ1) is 5.60. The standard InChI is InChI=1S/C9H16NO2/c1-10(2)6-3-5(11)4-7(10)9-8(6)12-9/h5-9,11H,3-4H2,1-2H3/q+1/t6-,7-,8-,9-/m1/s1. The summed E-state index contributed by atoms with van der Waals surface area (Å²) in [6.07, 6.45) is 2.75. The predicted octanol–water partition coefficient (Wildman–Crippen LogP) is -0.264. The maximum Gasteiger partial charge on any atom is 0.142 e. The maximum absolute atomic E-state index is 9.60. The molecule has 68 valence electrons. The molecule has 0 amide bonds. The molecule has 3 heteroatoms. The highest BCUT2D eigenvalue weighted by Crippen LogP contribution is 2.50. The molecule has 0 aliphatic carbocycles. The number of ether oxygens (including phenoxy) is 1. The highest BCUT2D eigenvalue weighted by atomic mass is 16.6. The fraction of sp³-hybridized carbons (Fsp3) is 1.00. The number of piperidine rings is 1. The number of aliphatic hydroxyl groups is 1. The second-order valence-corrected chi connectivity index (χ2v) is 4.95. The van der Waals surface area contributed by atoms with Gasteiger partial charge in [-0.2, -0.15) is 0 Å². The third-order valence-corrected chi connectivity index (χ3v) is 4.06. The zero-order valence-corrected chi connectivity index (χ0v) is 7.60. The van der Waals surface area contributed by atoms with Crippen molar-refractivity contribution in [1.29, 1.82) is 0 Å². The Morgan fingerprint density at radius 2 is 1.67 bits per heavy atom. The monoisotopic (exact) mass is 170 g/mol. The van der Waals surface area contributed by atoms with Gasteiger partial charge in [0.1, 0.15) is 24.3 Å². The second-order valence-electron chi connectivity index (χ2n) is 4.95. The number of hydrogen-bond donors (Lipinski definition) is 1. The molecule has 3 aliphatic heterocycles. The summed E-state index contributed by atoms with van der Waals surface area (Å²) in [7, 11) is 4.55. The lowest BCUT2D eigenvalue weighted by atomic mass is 9.97. The van der Waals surface area contributed by atoms with E-state index in [1.807, 2.05) is 0 Å². The summed E-state index contributed by atoms with van der Waals surface area (Å²) in [6, 6.07) is 1.12. The van der Waals surface area contributed by atoms with Crippen molar-refractivity contribution < 1.29 is 14.3 Å². The van der Waals surface area contributed by atoms with E-state index in [4.69, 9.17) is 4.74 Å². The molecule has 3 aliphatic rings. The molecule has 2 bridgehead atoms. The number of epoxide rings is 1. The fourth-order valence-electron chi connectivity index (χ4n) is 3.22. The predicted molar refractivity (Wildman–Crippen MR) is 43.6 cm³/mol. The molecule has 12 heavy (non-hydrogen) atoms. The summed E-state index contributed by atoms with van der Waals surface area (Å²) in [4.78, 5) is 0. The fourth-order valence-corrected chi connectivity index (χ4v) is 3.22. The molecule has 0 spiro atoms. The third-order valence-electron chi connectivity index (χ3n) is 4.06. The summed E-state index contributed by atoms with van der Waals surface area (Å²) in [5.74, 6) is 0. The van der Waals surface area contributed by atoms with Gasteiger partial charge in [-0.1, -0.05) is 0 Å². The summed E-state index contributed by atoms with van der Waals surface area (Å²) >= 11 is 0. The Morgan fingerprint density at radius 3 is 2.17 bits per heavy atom. The molecule has 0 aromatic heterocycles. The second kappa shape index (κ2) is 1.86. The van der Waals surface area contributed by atoms with E-state index in [2.05, 4.69) is 14.1 Å². The Kier molecular flexibility index (Phi) is 1.13. The largest absolute Gasteiger partial charge is 0.393 e. The minimum atomic E-state index is -0.0671. The van der Waals surface area contributed by atoms with Crippen LogP contribution in [0.2, 0.25) is 0 Å². The van der Waals surface area contributed by atoms with Gasteiger partial charge in [0.25, 0.3) is 0 Å². The van der Waals surface area contributed by atoms with E-state index in [0.29, 0.717) is 24.3 Å². The molecule has 0 aromatic carbocycles. The van der Waals surface area contributed by atoms with Gasteiger partial charge in [-0.25, -0.2) is 0 Å². The first-order valence-corrected chi connectivity index (χ1v) is 4.77. The lowest BCUT2D eigenvalue weighted by Crippen LogP contribution is -2.59. The Morgan fingerprint density at radius 1 is 1.17 bits per heavy atom. The van der Waals surface area contributed by atoms with Crippen LogP contribution in [0.1, 0.15) is 12.8 Å². The van der Waals surface area contributed by atoms with Gasteiger partial charge in [-0.15, -0.1) is 0 Å². The van der Waals surface area contributed by atoms with Gasteiger partial charge in [0.05, 0.1) is 20.2 Å². The molecule has 0 unspecified atom stereocenters. The molecule has 0 radical (unpaired) electrons. The van der Waals surface area contributed by atoms with Crippen LogP contribution in [0.4, 0.5) is 0 Å². The van der Waals surface area contributed by atoms with Crippen LogP contribution in [0.3, 0.4) is 0 Å². The van der Waals surface area contributed by atoms with Crippen molar-refractivity contribution in [3.8, 4) is 0 Å². The molecule has 3 heterocycles. The van der Waals surface area contributed by atoms with Gasteiger partial charge >= 0.3 is 0 Å². The van der Waals surface area contributed by atoms with Crippen molar-refractivity contribution in [3.05, 3.63) is 0 Å². The van der Waals surface area contributed by atoms with Crippen LogP contribution < -0.4 is 0 Å². The Balaban J connectivity index is 1.96. The zero-order valence-electron chi connectivity index (χ0n) is 7.60. The number of nitrogens with zero attached hydrogens (tertiary/aromatic N) is 1. The average molecular weight is 170 g/mol. The number of likely N-dealkylation sites (N-methyl/N-ethyl adjacent to an activating group) is 1. The van der Waals surface area contributed by atoms with Gasteiger partial charge in [-0.3, -0.25) is 0 Å². The molecule has 0 saturated carbocycles. The van der Waals surface area contributed by atoms with Crippen LogP contribution in [0, 0.1) is 0 Å². The molecular weight excluding hydrogens is 154 g/mol. The minimum absolute atomic E-state index is 0.0671. The molecule has 0 aromatic rings. The lowest BCUT2D eigenvalue weighted by molar-refractivity contribution is -0.938. The van der Waals surface area contributed by atoms with Crippen LogP contribution in [-0.2, 0) is 4.74 Å². The number of rotatable bonds is 0. The van der Waals surface area contributed by atoms with E-state index in [1.54, 1.807) is 0 Å². The van der Waals surface area contributed by atoms with E-state index in [-0.39, 0.29) is 6.10 Å². The van der Waals surface area contributed by atoms with E-state index >= 15 is 0 Å². The number of aliphatic hydroxyl groups excluding tert-OH is 1. The Labute approximate surface area is 72.5 Å². The smallest absolute Gasteiger partial charge is 0.142 e. The minimum Gasteiger partial charge on any atom is -0.393 e. The Bertz CT molecular complexity index is 209. The third kappa shape index (κ3) is 0.679. The number of morpholine rings is 1. The van der Waals surface area contributed by atoms with Crippen molar-refractivity contribution in [2.24, 2.45) is 0 Å². The SMILES string of the molecule is C[N+]1(C)[C@@H]2CC(O)C[C@@H]1[C@H]1O[C@@H]12. The molecule has 3 rings (SSSR count). The normalized spacial score (nSPS) is 59.8. The van der Waals surface area contributed by atoms with Crippen molar-refractivity contribution in [2.75, 3.05) is 14.1 Å². The summed E-state index contributed by atoms with van der Waals surface area (Å²) < 4.78 is 6.65. The number of fused-ring (bicyclic) bond motifs is 5. The van der Waals surface area contributed by atoms with Crippen molar-refractivity contribution >= 4 is 0 Å². The van der Waals surface area contributed by atoms with Crippen LogP contribution in [0.15, 0.2) is 0 Å². The van der Waals surface area contributed by atoms with E-state index in [9.17, 15) is 5.11 Å². The van der Waals surface area contributed by atoms with Gasteiger partial charge in [0, 0.05) is 12.8 Å².